The smallest absolute Gasteiger partial charge is 0.332 e. The molecule has 0 atom stereocenters. The van der Waals surface area contributed by atoms with E-state index in [1.807, 2.05) is 62.4 Å². The molecule has 5 nitrogen and oxygen atoms in total. The van der Waals surface area contributed by atoms with Crippen molar-refractivity contribution < 1.29 is 18.1 Å². The summed E-state index contributed by atoms with van der Waals surface area (Å²) in [7, 11) is 0. The number of alkyl halides is 3. The van der Waals surface area contributed by atoms with Gasteiger partial charge in [0.1, 0.15) is 0 Å². The number of nitrogens with zero attached hydrogens (tertiary/aromatic N) is 2. The summed E-state index contributed by atoms with van der Waals surface area (Å²) in [6, 6.07) is 18.1. The number of nitro benzene ring substituents is 1. The predicted octanol–water partition coefficient (Wildman–Crippen LogP) is 7.44. The van der Waals surface area contributed by atoms with E-state index < -0.39 is 22.4 Å². The van der Waals surface area contributed by atoms with E-state index in [2.05, 4.69) is 9.97 Å². The Morgan fingerprint density at radius 3 is 2.03 bits per heavy atom. The molecule has 0 saturated carbocycles. The van der Waals surface area contributed by atoms with Crippen LogP contribution in [-0.2, 0) is 6.18 Å². The summed E-state index contributed by atoms with van der Waals surface area (Å²) in [4.78, 5) is 18.5. The third kappa shape index (κ3) is 4.93. The molecule has 0 unspecified atom stereocenters. The molecule has 4 rings (SSSR count). The fourth-order valence-electron chi connectivity index (χ4n) is 3.28. The number of halogens is 3. The lowest BCUT2D eigenvalue weighted by atomic mass is 10.0. The lowest BCUT2D eigenvalue weighted by Gasteiger charge is -2.07. The van der Waals surface area contributed by atoms with Crippen molar-refractivity contribution in [3.05, 3.63) is 93.5 Å². The van der Waals surface area contributed by atoms with Crippen molar-refractivity contribution in [2.75, 3.05) is 0 Å². The number of H-pyrrole nitrogens is 1. The molecule has 0 bridgehead atoms. The Morgan fingerprint density at radius 2 is 1.48 bits per heavy atom. The van der Waals surface area contributed by atoms with Crippen LogP contribution in [-0.4, -0.2) is 14.9 Å². The fourth-order valence-corrected chi connectivity index (χ4v) is 4.15. The molecule has 0 fully saturated rings. The molecular formula is C24H18F3N3O2S. The van der Waals surface area contributed by atoms with Crippen LogP contribution in [0.2, 0.25) is 0 Å². The molecule has 168 valence electrons. The van der Waals surface area contributed by atoms with Gasteiger partial charge in [0.05, 0.1) is 26.8 Å². The molecule has 1 heterocycles. The average molecular weight is 469 g/mol. The third-order valence-electron chi connectivity index (χ3n) is 5.04. The first-order chi connectivity index (χ1) is 15.6. The van der Waals surface area contributed by atoms with Gasteiger partial charge in [0.2, 0.25) is 0 Å². The highest BCUT2D eigenvalue weighted by atomic mass is 32.2. The Kier molecular flexibility index (Phi) is 5.99. The van der Waals surface area contributed by atoms with Gasteiger partial charge < -0.3 is 4.98 Å². The number of imidazole rings is 1. The second-order valence-corrected chi connectivity index (χ2v) is 8.57. The summed E-state index contributed by atoms with van der Waals surface area (Å²) in [5, 5.41) is 11.8. The maximum atomic E-state index is 13.0. The van der Waals surface area contributed by atoms with E-state index in [-0.39, 0.29) is 4.90 Å². The van der Waals surface area contributed by atoms with Gasteiger partial charge in [-0.15, -0.1) is 0 Å². The molecule has 1 N–H and O–H groups in total. The van der Waals surface area contributed by atoms with E-state index in [9.17, 15) is 23.3 Å². The van der Waals surface area contributed by atoms with Crippen molar-refractivity contribution in [2.45, 2.75) is 30.1 Å². The zero-order valence-electron chi connectivity index (χ0n) is 17.6. The molecule has 4 aromatic rings. The maximum Gasteiger partial charge on any atom is 0.416 e. The predicted molar refractivity (Wildman–Crippen MR) is 121 cm³/mol. The molecule has 0 radical (unpaired) electrons. The number of benzene rings is 3. The first-order valence-electron chi connectivity index (χ1n) is 9.89. The normalized spacial score (nSPS) is 11.5. The lowest BCUT2D eigenvalue weighted by molar-refractivity contribution is -0.388. The molecule has 3 aromatic carbocycles. The van der Waals surface area contributed by atoms with Crippen LogP contribution < -0.4 is 0 Å². The van der Waals surface area contributed by atoms with E-state index in [0.29, 0.717) is 16.9 Å². The van der Waals surface area contributed by atoms with Crippen molar-refractivity contribution in [2.24, 2.45) is 0 Å². The SMILES string of the molecule is Cc1ccc(-c2nc(Sc3ccc(C(F)(F)F)cc3[N+](=O)[O-])[nH]c2-c2ccc(C)cc2)cc1. The van der Waals surface area contributed by atoms with Crippen LogP contribution in [0.1, 0.15) is 16.7 Å². The van der Waals surface area contributed by atoms with Gasteiger partial charge in [-0.05, 0) is 37.7 Å². The van der Waals surface area contributed by atoms with Gasteiger partial charge >= 0.3 is 6.18 Å². The second-order valence-electron chi connectivity index (χ2n) is 7.54. The van der Waals surface area contributed by atoms with Crippen LogP contribution in [0.5, 0.6) is 0 Å². The van der Waals surface area contributed by atoms with Gasteiger partial charge in [-0.3, -0.25) is 10.1 Å². The van der Waals surface area contributed by atoms with Crippen LogP contribution in [0.15, 0.2) is 76.8 Å². The lowest BCUT2D eigenvalue weighted by Crippen LogP contribution is -2.05. The van der Waals surface area contributed by atoms with Crippen LogP contribution in [0.4, 0.5) is 18.9 Å². The molecule has 0 saturated heterocycles. The van der Waals surface area contributed by atoms with E-state index in [1.54, 1.807) is 0 Å². The van der Waals surface area contributed by atoms with Crippen molar-refractivity contribution in [1.82, 2.24) is 9.97 Å². The quantitative estimate of drug-likeness (QED) is 0.244. The highest BCUT2D eigenvalue weighted by Gasteiger charge is 2.33. The molecular weight excluding hydrogens is 451 g/mol. The Hall–Kier alpha value is -3.59. The Labute approximate surface area is 191 Å². The monoisotopic (exact) mass is 469 g/mol. The summed E-state index contributed by atoms with van der Waals surface area (Å²) in [6.07, 6.45) is -4.67. The van der Waals surface area contributed by atoms with Gasteiger partial charge in [0, 0.05) is 17.2 Å². The van der Waals surface area contributed by atoms with E-state index in [0.717, 1.165) is 51.8 Å². The summed E-state index contributed by atoms with van der Waals surface area (Å²) >= 11 is 0.917. The van der Waals surface area contributed by atoms with Gasteiger partial charge in [0.15, 0.2) is 5.16 Å². The average Bonchev–Trinajstić information content (AvgIpc) is 3.18. The highest BCUT2D eigenvalue weighted by molar-refractivity contribution is 7.99. The molecule has 1 aromatic heterocycles. The molecule has 9 heteroatoms. The number of aryl methyl sites for hydroxylation is 2. The topological polar surface area (TPSA) is 71.8 Å². The van der Waals surface area contributed by atoms with Crippen LogP contribution in [0.3, 0.4) is 0 Å². The molecule has 33 heavy (non-hydrogen) atoms. The van der Waals surface area contributed by atoms with E-state index in [4.69, 9.17) is 0 Å². The van der Waals surface area contributed by atoms with Crippen molar-refractivity contribution in [1.29, 1.82) is 0 Å². The number of nitrogens with one attached hydrogen (secondary N) is 1. The molecule has 0 aliphatic carbocycles. The van der Waals surface area contributed by atoms with Crippen molar-refractivity contribution in [3.8, 4) is 22.5 Å². The minimum absolute atomic E-state index is 0.0627. The van der Waals surface area contributed by atoms with Crippen LogP contribution >= 0.6 is 11.8 Å². The summed E-state index contributed by atoms with van der Waals surface area (Å²) in [6.45, 7) is 3.95. The zero-order chi connectivity index (χ0) is 23.8. The summed E-state index contributed by atoms with van der Waals surface area (Å²) < 4.78 is 39.1. The molecule has 0 amide bonds. The Balaban J connectivity index is 1.79. The number of hydrogen-bond donors (Lipinski definition) is 1. The van der Waals surface area contributed by atoms with Crippen molar-refractivity contribution >= 4 is 17.4 Å². The highest BCUT2D eigenvalue weighted by Crippen LogP contribution is 2.40. The van der Waals surface area contributed by atoms with Crippen LogP contribution in [0, 0.1) is 24.0 Å². The molecule has 0 aliphatic heterocycles. The van der Waals surface area contributed by atoms with Crippen LogP contribution in [0.25, 0.3) is 22.5 Å². The van der Waals surface area contributed by atoms with E-state index >= 15 is 0 Å². The molecule has 0 aliphatic rings. The van der Waals surface area contributed by atoms with Gasteiger partial charge in [-0.25, -0.2) is 4.98 Å². The largest absolute Gasteiger partial charge is 0.416 e. The van der Waals surface area contributed by atoms with Crippen molar-refractivity contribution in [3.63, 3.8) is 0 Å². The van der Waals surface area contributed by atoms with E-state index in [1.165, 1.54) is 0 Å². The first kappa shape index (κ1) is 22.6. The summed E-state index contributed by atoms with van der Waals surface area (Å²) in [5.41, 5.74) is 3.57. The zero-order valence-corrected chi connectivity index (χ0v) is 18.4. The standard InChI is InChI=1S/C24H18F3N3O2S/c1-14-3-7-16(8-4-14)21-22(17-9-5-15(2)6-10-17)29-23(28-21)33-20-12-11-18(24(25,26)27)13-19(20)30(31)32/h3-13H,1-2H3,(H,28,29). The Morgan fingerprint density at radius 1 is 0.909 bits per heavy atom. The first-order valence-corrected chi connectivity index (χ1v) is 10.7. The summed E-state index contributed by atoms with van der Waals surface area (Å²) in [5.74, 6) is 0. The number of aromatic nitrogens is 2. The number of rotatable bonds is 5. The maximum absolute atomic E-state index is 13.0. The minimum atomic E-state index is -4.67. The Bertz CT molecular complexity index is 1250. The number of nitro groups is 1. The number of aromatic amines is 1. The third-order valence-corrected chi connectivity index (χ3v) is 5.99. The van der Waals surface area contributed by atoms with Gasteiger partial charge in [0.25, 0.3) is 5.69 Å². The minimum Gasteiger partial charge on any atom is -0.332 e. The van der Waals surface area contributed by atoms with Gasteiger partial charge in [-0.1, -0.05) is 59.7 Å². The number of hydrogen-bond acceptors (Lipinski definition) is 4. The molecule has 0 spiro atoms. The van der Waals surface area contributed by atoms with Gasteiger partial charge in [-0.2, -0.15) is 13.2 Å². The fraction of sp³-hybridized carbons (Fsp3) is 0.125. The second kappa shape index (κ2) is 8.74.